The molecule has 0 aliphatic heterocycles. The van der Waals surface area contributed by atoms with Crippen molar-refractivity contribution in [3.8, 4) is 0 Å². The predicted octanol–water partition coefficient (Wildman–Crippen LogP) is 3.46. The number of halogens is 4. The molecular weight excluding hydrogens is 463 g/mol. The second-order valence-corrected chi connectivity index (χ2v) is 9.19. The normalized spacial score (nSPS) is 14.6. The minimum absolute atomic E-state index is 0.0190. The number of alkyl halides is 3. The highest BCUT2D eigenvalue weighted by Crippen LogP contribution is 2.46. The van der Waals surface area contributed by atoms with Crippen LogP contribution in [0.2, 0.25) is 5.02 Å². The second-order valence-electron chi connectivity index (χ2n) is 6.85. The Labute approximate surface area is 181 Å². The first-order valence-electron chi connectivity index (χ1n) is 8.98. The van der Waals surface area contributed by atoms with Crippen molar-refractivity contribution >= 4 is 44.6 Å². The van der Waals surface area contributed by atoms with Crippen LogP contribution in [-0.4, -0.2) is 29.9 Å². The molecule has 7 nitrogen and oxygen atoms in total. The molecule has 0 atom stereocenters. The summed E-state index contributed by atoms with van der Waals surface area (Å²) >= 11 is 11.1. The van der Waals surface area contributed by atoms with Crippen LogP contribution in [0.25, 0.3) is 0 Å². The molecule has 4 N–H and O–H groups in total. The Morgan fingerprint density at radius 1 is 1.30 bits per heavy atom. The molecule has 1 aliphatic rings. The van der Waals surface area contributed by atoms with Gasteiger partial charge in [-0.05, 0) is 55.7 Å². The second kappa shape index (κ2) is 8.69. The third-order valence-corrected chi connectivity index (χ3v) is 5.99. The monoisotopic (exact) mass is 481 g/mol. The number of aromatic nitrogens is 2. The molecule has 1 heterocycles. The Bertz CT molecular complexity index is 1030. The fourth-order valence-corrected chi connectivity index (χ4v) is 4.02. The van der Waals surface area contributed by atoms with E-state index in [4.69, 9.17) is 29.0 Å². The summed E-state index contributed by atoms with van der Waals surface area (Å²) in [7, 11) is -3.77. The molecule has 0 saturated heterocycles. The maximum absolute atomic E-state index is 13.1. The van der Waals surface area contributed by atoms with Gasteiger partial charge < -0.3 is 10.6 Å². The fraction of sp³-hybridized carbons (Fsp3) is 0.412. The van der Waals surface area contributed by atoms with Crippen LogP contribution in [0.15, 0.2) is 29.2 Å². The predicted molar refractivity (Wildman–Crippen MR) is 111 cm³/mol. The standard InChI is InChI=1S/C17H19ClF3N5O2S2/c18-13-14(10-2-3-10)26(25-15(13)17(19,20)21)9-1-8-23-16(29)24-11-4-6-12(7-5-11)30(22,27)28/h4-7,10H,1-3,8-9H2,(H2,22,27,28)(H2,23,24,29). The van der Waals surface area contributed by atoms with E-state index in [2.05, 4.69) is 15.7 Å². The number of nitrogens with zero attached hydrogens (tertiary/aromatic N) is 2. The van der Waals surface area contributed by atoms with E-state index in [-0.39, 0.29) is 27.5 Å². The van der Waals surface area contributed by atoms with Crippen molar-refractivity contribution in [1.82, 2.24) is 15.1 Å². The fourth-order valence-electron chi connectivity index (χ4n) is 2.89. The minimum Gasteiger partial charge on any atom is -0.362 e. The Balaban J connectivity index is 1.52. The van der Waals surface area contributed by atoms with Gasteiger partial charge in [-0.1, -0.05) is 11.6 Å². The number of benzene rings is 1. The average molecular weight is 482 g/mol. The molecule has 1 fully saturated rings. The SMILES string of the molecule is NS(=O)(=O)c1ccc(NC(=S)NCCCn2nc(C(F)(F)F)c(Cl)c2C2CC2)cc1. The highest BCUT2D eigenvalue weighted by molar-refractivity contribution is 7.89. The van der Waals surface area contributed by atoms with Crippen LogP contribution in [0.3, 0.4) is 0 Å². The molecule has 0 unspecified atom stereocenters. The molecular formula is C17H19ClF3N5O2S2. The van der Waals surface area contributed by atoms with Gasteiger partial charge in [-0.25, -0.2) is 13.6 Å². The van der Waals surface area contributed by atoms with Crippen LogP contribution >= 0.6 is 23.8 Å². The van der Waals surface area contributed by atoms with Gasteiger partial charge in [-0.3, -0.25) is 4.68 Å². The minimum atomic E-state index is -4.59. The molecule has 1 aromatic heterocycles. The number of thiocarbonyl (C=S) groups is 1. The Kier molecular flexibility index (Phi) is 6.60. The van der Waals surface area contributed by atoms with Gasteiger partial charge in [0.2, 0.25) is 10.0 Å². The number of sulfonamides is 1. The molecule has 0 spiro atoms. The van der Waals surface area contributed by atoms with Gasteiger partial charge in [0.25, 0.3) is 0 Å². The Morgan fingerprint density at radius 3 is 2.47 bits per heavy atom. The summed E-state index contributed by atoms with van der Waals surface area (Å²) in [5, 5.41) is 14.5. The third-order valence-electron chi connectivity index (χ3n) is 4.44. The largest absolute Gasteiger partial charge is 0.436 e. The number of nitrogens with one attached hydrogen (secondary N) is 2. The molecule has 0 bridgehead atoms. The van der Waals surface area contributed by atoms with Crippen LogP contribution in [-0.2, 0) is 22.7 Å². The molecule has 0 radical (unpaired) electrons. The molecule has 1 aliphatic carbocycles. The van der Waals surface area contributed by atoms with E-state index in [0.717, 1.165) is 12.8 Å². The van der Waals surface area contributed by atoms with E-state index >= 15 is 0 Å². The van der Waals surface area contributed by atoms with E-state index in [1.165, 1.54) is 28.9 Å². The lowest BCUT2D eigenvalue weighted by Gasteiger charge is -2.12. The van der Waals surface area contributed by atoms with Crippen molar-refractivity contribution in [2.75, 3.05) is 11.9 Å². The highest BCUT2D eigenvalue weighted by Gasteiger charge is 2.41. The van der Waals surface area contributed by atoms with Crippen LogP contribution < -0.4 is 15.8 Å². The maximum atomic E-state index is 13.1. The summed E-state index contributed by atoms with van der Waals surface area (Å²) < 4.78 is 63.1. The Morgan fingerprint density at radius 2 is 1.93 bits per heavy atom. The van der Waals surface area contributed by atoms with Crippen molar-refractivity contribution in [2.24, 2.45) is 5.14 Å². The summed E-state index contributed by atoms with van der Waals surface area (Å²) in [6.07, 6.45) is -2.51. The molecule has 1 saturated carbocycles. The molecule has 1 aromatic carbocycles. The lowest BCUT2D eigenvalue weighted by molar-refractivity contribution is -0.141. The van der Waals surface area contributed by atoms with E-state index < -0.39 is 21.9 Å². The number of hydrogen-bond donors (Lipinski definition) is 3. The van der Waals surface area contributed by atoms with Crippen molar-refractivity contribution in [3.63, 3.8) is 0 Å². The van der Waals surface area contributed by atoms with Crippen LogP contribution in [0, 0.1) is 0 Å². The quantitative estimate of drug-likeness (QED) is 0.413. The number of aryl methyl sites for hydroxylation is 1. The summed E-state index contributed by atoms with van der Waals surface area (Å²) in [6, 6.07) is 5.72. The number of rotatable bonds is 7. The van der Waals surface area contributed by atoms with Gasteiger partial charge in [-0.15, -0.1) is 0 Å². The first-order valence-corrected chi connectivity index (χ1v) is 11.3. The zero-order chi connectivity index (χ0) is 22.1. The van der Waals surface area contributed by atoms with Crippen molar-refractivity contribution in [2.45, 2.75) is 42.8 Å². The van der Waals surface area contributed by atoms with E-state index in [0.29, 0.717) is 24.3 Å². The first kappa shape index (κ1) is 22.8. The molecule has 13 heteroatoms. The maximum Gasteiger partial charge on any atom is 0.436 e. The zero-order valence-electron chi connectivity index (χ0n) is 15.5. The summed E-state index contributed by atoms with van der Waals surface area (Å²) in [4.78, 5) is -0.0190. The number of anilines is 1. The van der Waals surface area contributed by atoms with Crippen LogP contribution in [0.5, 0.6) is 0 Å². The molecule has 2 aromatic rings. The van der Waals surface area contributed by atoms with Gasteiger partial charge >= 0.3 is 6.18 Å². The lowest BCUT2D eigenvalue weighted by atomic mass is 10.2. The van der Waals surface area contributed by atoms with Gasteiger partial charge in [0, 0.05) is 24.7 Å². The van der Waals surface area contributed by atoms with Gasteiger partial charge in [0.15, 0.2) is 10.8 Å². The van der Waals surface area contributed by atoms with E-state index in [1.54, 1.807) is 0 Å². The molecule has 30 heavy (non-hydrogen) atoms. The molecule has 164 valence electrons. The van der Waals surface area contributed by atoms with E-state index in [1.807, 2.05) is 0 Å². The van der Waals surface area contributed by atoms with Gasteiger partial charge in [0.1, 0.15) is 0 Å². The van der Waals surface area contributed by atoms with E-state index in [9.17, 15) is 21.6 Å². The summed E-state index contributed by atoms with van der Waals surface area (Å²) in [5.74, 6) is 0.0251. The average Bonchev–Trinajstić information content (AvgIpc) is 3.40. The van der Waals surface area contributed by atoms with Crippen molar-refractivity contribution in [1.29, 1.82) is 0 Å². The topological polar surface area (TPSA) is 102 Å². The molecule has 0 amide bonds. The summed E-state index contributed by atoms with van der Waals surface area (Å²) in [6.45, 7) is 0.657. The van der Waals surface area contributed by atoms with Gasteiger partial charge in [0.05, 0.1) is 15.6 Å². The Hall–Kier alpha value is -1.89. The van der Waals surface area contributed by atoms with Crippen molar-refractivity contribution < 1.29 is 21.6 Å². The smallest absolute Gasteiger partial charge is 0.362 e. The number of primary sulfonamides is 1. The highest BCUT2D eigenvalue weighted by atomic mass is 35.5. The van der Waals surface area contributed by atoms with Crippen LogP contribution in [0.4, 0.5) is 18.9 Å². The third kappa shape index (κ3) is 5.62. The lowest BCUT2D eigenvalue weighted by Crippen LogP contribution is -2.30. The van der Waals surface area contributed by atoms with Crippen LogP contribution in [0.1, 0.15) is 36.6 Å². The van der Waals surface area contributed by atoms with Crippen molar-refractivity contribution in [3.05, 3.63) is 40.7 Å². The first-order chi connectivity index (χ1) is 14.0. The summed E-state index contributed by atoms with van der Waals surface area (Å²) in [5.41, 5.74) is -0.0385. The number of nitrogens with two attached hydrogens (primary N) is 1. The molecule has 3 rings (SSSR count). The number of hydrogen-bond acceptors (Lipinski definition) is 4. The van der Waals surface area contributed by atoms with Gasteiger partial charge in [-0.2, -0.15) is 18.3 Å². The zero-order valence-corrected chi connectivity index (χ0v) is 17.9.